The summed E-state index contributed by atoms with van der Waals surface area (Å²) < 4.78 is 41.9. The lowest BCUT2D eigenvalue weighted by molar-refractivity contribution is 0.165. The van der Waals surface area contributed by atoms with Crippen LogP contribution in [-0.4, -0.2) is 58.9 Å². The lowest BCUT2D eigenvalue weighted by Gasteiger charge is -2.31. The summed E-state index contributed by atoms with van der Waals surface area (Å²) in [6.45, 7) is 3.34. The Hall–Kier alpha value is -1.18. The topological polar surface area (TPSA) is 58.6 Å². The molecule has 1 heterocycles. The molecular formula is C16H25FN2O3S. The Morgan fingerprint density at radius 2 is 2.04 bits per heavy atom. The monoisotopic (exact) mass is 344 g/mol. The van der Waals surface area contributed by atoms with Crippen molar-refractivity contribution in [2.24, 2.45) is 0 Å². The van der Waals surface area contributed by atoms with Gasteiger partial charge in [-0.3, -0.25) is 4.90 Å². The number of nitrogens with zero attached hydrogens (tertiary/aromatic N) is 1. The number of piperidine rings is 1. The van der Waals surface area contributed by atoms with Gasteiger partial charge in [-0.2, -0.15) is 0 Å². The van der Waals surface area contributed by atoms with Crippen molar-refractivity contribution in [2.45, 2.75) is 24.6 Å². The van der Waals surface area contributed by atoms with Gasteiger partial charge in [-0.05, 0) is 39.0 Å². The average molecular weight is 344 g/mol. The predicted molar refractivity (Wildman–Crippen MR) is 89.0 cm³/mol. The van der Waals surface area contributed by atoms with Crippen molar-refractivity contribution in [1.29, 1.82) is 0 Å². The van der Waals surface area contributed by atoms with Gasteiger partial charge in [0.2, 0.25) is 0 Å². The molecule has 1 fully saturated rings. The fourth-order valence-corrected chi connectivity index (χ4v) is 3.55. The molecule has 1 aliphatic rings. The molecule has 130 valence electrons. The number of nitrogens with one attached hydrogen (secondary N) is 1. The molecule has 1 aromatic carbocycles. The van der Waals surface area contributed by atoms with E-state index in [1.165, 1.54) is 12.1 Å². The van der Waals surface area contributed by atoms with E-state index in [0.717, 1.165) is 38.7 Å². The Kier molecular flexibility index (Phi) is 6.38. The Morgan fingerprint density at radius 1 is 1.35 bits per heavy atom. The van der Waals surface area contributed by atoms with Gasteiger partial charge in [0.1, 0.15) is 18.2 Å². The van der Waals surface area contributed by atoms with Crippen LogP contribution in [-0.2, 0) is 15.6 Å². The minimum Gasteiger partial charge on any atom is -0.492 e. The first-order valence-electron chi connectivity index (χ1n) is 7.85. The zero-order chi connectivity index (χ0) is 16.9. The molecule has 0 atom stereocenters. The van der Waals surface area contributed by atoms with Crippen LogP contribution >= 0.6 is 0 Å². The van der Waals surface area contributed by atoms with Gasteiger partial charge in [0, 0.05) is 30.5 Å². The number of likely N-dealkylation sites (N-methyl/N-ethyl adjacent to an activating group) is 1. The maximum atomic E-state index is 13.9. The van der Waals surface area contributed by atoms with Gasteiger partial charge in [-0.1, -0.05) is 6.07 Å². The summed E-state index contributed by atoms with van der Waals surface area (Å²) in [5.74, 6) is -0.407. The highest BCUT2D eigenvalue weighted by molar-refractivity contribution is 7.89. The molecule has 0 bridgehead atoms. The van der Waals surface area contributed by atoms with Crippen LogP contribution in [0.5, 0.6) is 5.75 Å². The summed E-state index contributed by atoms with van der Waals surface area (Å²) in [6, 6.07) is 4.91. The lowest BCUT2D eigenvalue weighted by Crippen LogP contribution is -2.42. The van der Waals surface area contributed by atoms with Crippen molar-refractivity contribution < 1.29 is 17.5 Å². The van der Waals surface area contributed by atoms with Crippen molar-refractivity contribution in [1.82, 2.24) is 10.2 Å². The van der Waals surface area contributed by atoms with E-state index in [-0.39, 0.29) is 11.3 Å². The number of hydrogen-bond acceptors (Lipinski definition) is 5. The highest BCUT2D eigenvalue weighted by Gasteiger charge is 2.17. The van der Waals surface area contributed by atoms with Crippen LogP contribution in [0, 0.1) is 5.82 Å². The van der Waals surface area contributed by atoms with Gasteiger partial charge in [0.05, 0.1) is 5.75 Å². The van der Waals surface area contributed by atoms with E-state index in [1.807, 2.05) is 0 Å². The average Bonchev–Trinajstić information content (AvgIpc) is 2.49. The second-order valence-corrected chi connectivity index (χ2v) is 8.27. The van der Waals surface area contributed by atoms with E-state index < -0.39 is 15.7 Å². The number of sulfone groups is 1. The summed E-state index contributed by atoms with van der Waals surface area (Å²) >= 11 is 0. The summed E-state index contributed by atoms with van der Waals surface area (Å²) in [4.78, 5) is 2.27. The third kappa shape index (κ3) is 6.08. The molecule has 0 amide bonds. The highest BCUT2D eigenvalue weighted by Crippen LogP contribution is 2.18. The zero-order valence-corrected chi connectivity index (χ0v) is 14.5. The van der Waals surface area contributed by atoms with Crippen molar-refractivity contribution in [3.63, 3.8) is 0 Å². The quantitative estimate of drug-likeness (QED) is 0.811. The van der Waals surface area contributed by atoms with Crippen LogP contribution in [0.4, 0.5) is 4.39 Å². The molecule has 0 aliphatic carbocycles. The molecule has 2 rings (SSSR count). The van der Waals surface area contributed by atoms with E-state index >= 15 is 0 Å². The summed E-state index contributed by atoms with van der Waals surface area (Å²) in [5.41, 5.74) is 0.173. The van der Waals surface area contributed by atoms with Crippen LogP contribution < -0.4 is 10.1 Å². The van der Waals surface area contributed by atoms with Crippen molar-refractivity contribution in [3.8, 4) is 5.75 Å². The maximum Gasteiger partial charge on any atom is 0.151 e. The molecule has 0 unspecified atom stereocenters. The van der Waals surface area contributed by atoms with Crippen LogP contribution in [0.2, 0.25) is 0 Å². The molecule has 0 saturated carbocycles. The largest absolute Gasteiger partial charge is 0.492 e. The van der Waals surface area contributed by atoms with Gasteiger partial charge in [0.15, 0.2) is 9.84 Å². The number of benzene rings is 1. The van der Waals surface area contributed by atoms with Crippen LogP contribution in [0.15, 0.2) is 18.2 Å². The van der Waals surface area contributed by atoms with Gasteiger partial charge in [0.25, 0.3) is 0 Å². The zero-order valence-electron chi connectivity index (χ0n) is 13.7. The minimum absolute atomic E-state index is 0.173. The predicted octanol–water partition coefficient (Wildman–Crippen LogP) is 1.43. The number of rotatable bonds is 7. The van der Waals surface area contributed by atoms with E-state index in [9.17, 15) is 12.8 Å². The molecule has 5 nitrogen and oxygen atoms in total. The van der Waals surface area contributed by atoms with Crippen LogP contribution in [0.3, 0.4) is 0 Å². The highest BCUT2D eigenvalue weighted by atomic mass is 32.2. The van der Waals surface area contributed by atoms with Crippen LogP contribution in [0.25, 0.3) is 0 Å². The Bertz CT molecular complexity index is 616. The molecule has 0 aromatic heterocycles. The third-order valence-corrected chi connectivity index (χ3v) is 4.92. The Balaban J connectivity index is 1.82. The van der Waals surface area contributed by atoms with E-state index in [1.54, 1.807) is 6.07 Å². The lowest BCUT2D eigenvalue weighted by atomic mass is 10.1. The van der Waals surface area contributed by atoms with Gasteiger partial charge in [-0.25, -0.2) is 12.8 Å². The molecule has 1 aliphatic heterocycles. The standard InChI is InChI=1S/C16H25FN2O3S/c1-19(14-5-7-18-8-6-14)9-10-22-15-4-3-13(16(17)11-15)12-23(2,20)21/h3-4,11,14,18H,5-10,12H2,1-2H3. The molecule has 1 aromatic rings. The number of ether oxygens (including phenoxy) is 1. The molecular weight excluding hydrogens is 319 g/mol. The second kappa shape index (κ2) is 8.08. The molecule has 7 heteroatoms. The first kappa shape index (κ1) is 18.2. The fourth-order valence-electron chi connectivity index (χ4n) is 2.75. The van der Waals surface area contributed by atoms with E-state index in [0.29, 0.717) is 18.4 Å². The second-order valence-electron chi connectivity index (χ2n) is 6.13. The van der Waals surface area contributed by atoms with Crippen LogP contribution in [0.1, 0.15) is 18.4 Å². The number of halogens is 1. The van der Waals surface area contributed by atoms with Gasteiger partial charge < -0.3 is 10.1 Å². The van der Waals surface area contributed by atoms with Crippen molar-refractivity contribution >= 4 is 9.84 Å². The molecule has 1 saturated heterocycles. The first-order chi connectivity index (χ1) is 10.8. The molecule has 0 radical (unpaired) electrons. The third-order valence-electron chi connectivity index (χ3n) is 4.09. The fraction of sp³-hybridized carbons (Fsp3) is 0.625. The normalized spacial score (nSPS) is 16.7. The maximum absolute atomic E-state index is 13.9. The first-order valence-corrected chi connectivity index (χ1v) is 9.91. The molecule has 1 N–H and O–H groups in total. The summed E-state index contributed by atoms with van der Waals surface area (Å²) in [5, 5.41) is 3.34. The van der Waals surface area contributed by atoms with E-state index in [4.69, 9.17) is 4.74 Å². The smallest absolute Gasteiger partial charge is 0.151 e. The molecule has 0 spiro atoms. The van der Waals surface area contributed by atoms with Crippen molar-refractivity contribution in [2.75, 3.05) is 39.5 Å². The summed E-state index contributed by atoms with van der Waals surface area (Å²) in [6.07, 6.45) is 3.35. The summed E-state index contributed by atoms with van der Waals surface area (Å²) in [7, 11) is -1.17. The SMILES string of the molecule is CN(CCOc1ccc(CS(C)(=O)=O)c(F)c1)C1CCNCC1. The molecule has 23 heavy (non-hydrogen) atoms. The van der Waals surface area contributed by atoms with E-state index in [2.05, 4.69) is 17.3 Å². The van der Waals surface area contributed by atoms with Crippen molar-refractivity contribution in [3.05, 3.63) is 29.6 Å². The Morgan fingerprint density at radius 3 is 2.65 bits per heavy atom. The minimum atomic E-state index is -3.25. The van der Waals surface area contributed by atoms with Gasteiger partial charge in [-0.15, -0.1) is 0 Å². The Labute approximate surface area is 137 Å². The van der Waals surface area contributed by atoms with Gasteiger partial charge >= 0.3 is 0 Å². The number of hydrogen-bond donors (Lipinski definition) is 1.